The number of nitrogens with one attached hydrogen (secondary N) is 1. The van der Waals surface area contributed by atoms with Crippen molar-refractivity contribution in [3.05, 3.63) is 95.6 Å². The molecular formula is C24H22N2O2S. The van der Waals surface area contributed by atoms with E-state index in [0.29, 0.717) is 12.2 Å². The van der Waals surface area contributed by atoms with Crippen molar-refractivity contribution < 1.29 is 9.59 Å². The SMILES string of the molecule is Cc1ccc(N2C(=O)CS[C@@H]2c2cccc(NC(=O)Cc3ccccc3)c2)cc1. The summed E-state index contributed by atoms with van der Waals surface area (Å²) in [5.41, 5.74) is 4.77. The lowest BCUT2D eigenvalue weighted by atomic mass is 10.1. The summed E-state index contributed by atoms with van der Waals surface area (Å²) in [5.74, 6) is 0.490. The molecule has 0 aromatic heterocycles. The number of aryl methyl sites for hydroxylation is 1. The van der Waals surface area contributed by atoms with Crippen molar-refractivity contribution >= 4 is 35.0 Å². The predicted molar refractivity (Wildman–Crippen MR) is 119 cm³/mol. The minimum Gasteiger partial charge on any atom is -0.326 e. The molecule has 4 nitrogen and oxygen atoms in total. The van der Waals surface area contributed by atoms with Gasteiger partial charge in [0.1, 0.15) is 5.37 Å². The Morgan fingerprint density at radius 3 is 2.55 bits per heavy atom. The maximum atomic E-state index is 12.5. The normalized spacial score (nSPS) is 16.1. The smallest absolute Gasteiger partial charge is 0.238 e. The predicted octanol–water partition coefficient (Wildman–Crippen LogP) is 4.95. The molecule has 1 heterocycles. The third-order valence-electron chi connectivity index (χ3n) is 4.84. The summed E-state index contributed by atoms with van der Waals surface area (Å²) in [6.07, 6.45) is 0.331. The van der Waals surface area contributed by atoms with Crippen LogP contribution in [-0.4, -0.2) is 17.6 Å². The number of hydrogen-bond acceptors (Lipinski definition) is 3. The lowest BCUT2D eigenvalue weighted by molar-refractivity contribution is -0.116. The molecule has 0 unspecified atom stereocenters. The van der Waals surface area contributed by atoms with Crippen LogP contribution < -0.4 is 10.2 Å². The van der Waals surface area contributed by atoms with Crippen LogP contribution in [0.5, 0.6) is 0 Å². The molecule has 2 amide bonds. The Labute approximate surface area is 174 Å². The molecule has 0 spiro atoms. The minimum atomic E-state index is -0.101. The summed E-state index contributed by atoms with van der Waals surface area (Å²) in [5, 5.41) is 2.88. The molecule has 1 saturated heterocycles. The summed E-state index contributed by atoms with van der Waals surface area (Å²) >= 11 is 1.60. The highest BCUT2D eigenvalue weighted by Gasteiger charge is 2.34. The minimum absolute atomic E-state index is 0.0566. The van der Waals surface area contributed by atoms with Crippen molar-refractivity contribution in [2.75, 3.05) is 16.0 Å². The van der Waals surface area contributed by atoms with Crippen LogP contribution in [0.1, 0.15) is 22.1 Å². The molecule has 0 saturated carbocycles. The van der Waals surface area contributed by atoms with E-state index in [2.05, 4.69) is 5.32 Å². The lowest BCUT2D eigenvalue weighted by Gasteiger charge is -2.25. The second-order valence-corrected chi connectivity index (χ2v) is 8.17. The van der Waals surface area contributed by atoms with Crippen molar-refractivity contribution in [3.8, 4) is 0 Å². The molecule has 3 aromatic rings. The maximum absolute atomic E-state index is 12.5. The fraction of sp³-hybridized carbons (Fsp3) is 0.167. The van der Waals surface area contributed by atoms with Gasteiger partial charge in [-0.05, 0) is 42.3 Å². The summed E-state index contributed by atoms with van der Waals surface area (Å²) < 4.78 is 0. The molecule has 1 fully saturated rings. The topological polar surface area (TPSA) is 49.4 Å². The Hall–Kier alpha value is -3.05. The number of benzene rings is 3. The van der Waals surface area contributed by atoms with Crippen LogP contribution in [0.3, 0.4) is 0 Å². The van der Waals surface area contributed by atoms with Crippen LogP contribution in [0.4, 0.5) is 11.4 Å². The van der Waals surface area contributed by atoms with Crippen molar-refractivity contribution in [1.29, 1.82) is 0 Å². The summed E-state index contributed by atoms with van der Waals surface area (Å²) in [4.78, 5) is 26.8. The van der Waals surface area contributed by atoms with E-state index in [9.17, 15) is 9.59 Å². The van der Waals surface area contributed by atoms with E-state index in [1.165, 1.54) is 0 Å². The first kappa shape index (κ1) is 19.3. The largest absolute Gasteiger partial charge is 0.326 e. The number of thioether (sulfide) groups is 1. The first-order valence-corrected chi connectivity index (χ1v) is 10.6. The highest BCUT2D eigenvalue weighted by molar-refractivity contribution is 8.00. The van der Waals surface area contributed by atoms with Crippen LogP contribution in [0.25, 0.3) is 0 Å². The van der Waals surface area contributed by atoms with Gasteiger partial charge in [-0.1, -0.05) is 60.2 Å². The zero-order valence-electron chi connectivity index (χ0n) is 16.2. The van der Waals surface area contributed by atoms with Gasteiger partial charge in [0, 0.05) is 11.4 Å². The summed E-state index contributed by atoms with van der Waals surface area (Å²) in [6.45, 7) is 2.03. The second kappa shape index (κ2) is 8.53. The van der Waals surface area contributed by atoms with Crippen LogP contribution in [0.2, 0.25) is 0 Å². The Morgan fingerprint density at radius 2 is 1.79 bits per heavy atom. The highest BCUT2D eigenvalue weighted by atomic mass is 32.2. The van der Waals surface area contributed by atoms with Crippen LogP contribution in [-0.2, 0) is 16.0 Å². The standard InChI is InChI=1S/C24H22N2O2S/c1-17-10-12-21(13-11-17)26-23(28)16-29-24(26)19-8-5-9-20(15-19)25-22(27)14-18-6-3-2-4-7-18/h2-13,15,24H,14,16H2,1H3,(H,25,27)/t24-/m1/s1. The summed E-state index contributed by atoms with van der Waals surface area (Å²) in [7, 11) is 0. The van der Waals surface area contributed by atoms with Crippen LogP contribution in [0, 0.1) is 6.92 Å². The number of amides is 2. The molecule has 3 aromatic carbocycles. The number of rotatable bonds is 5. The fourth-order valence-corrected chi connectivity index (χ4v) is 4.58. The molecule has 0 radical (unpaired) electrons. The molecule has 1 N–H and O–H groups in total. The van der Waals surface area contributed by atoms with Gasteiger partial charge in [-0.2, -0.15) is 0 Å². The van der Waals surface area contributed by atoms with E-state index in [1.54, 1.807) is 11.8 Å². The maximum Gasteiger partial charge on any atom is 0.238 e. The molecule has 146 valence electrons. The average Bonchev–Trinajstić information content (AvgIpc) is 3.11. The number of anilines is 2. The first-order chi connectivity index (χ1) is 14.1. The second-order valence-electron chi connectivity index (χ2n) is 7.10. The molecule has 1 aliphatic heterocycles. The zero-order chi connectivity index (χ0) is 20.2. The highest BCUT2D eigenvalue weighted by Crippen LogP contribution is 2.42. The third kappa shape index (κ3) is 4.51. The van der Waals surface area contributed by atoms with Gasteiger partial charge < -0.3 is 5.32 Å². The van der Waals surface area contributed by atoms with Crippen molar-refractivity contribution in [1.82, 2.24) is 0 Å². The lowest BCUT2D eigenvalue weighted by Crippen LogP contribution is -2.27. The molecule has 29 heavy (non-hydrogen) atoms. The van der Waals surface area contributed by atoms with Crippen LogP contribution >= 0.6 is 11.8 Å². The van der Waals surface area contributed by atoms with Crippen molar-refractivity contribution in [2.45, 2.75) is 18.7 Å². The third-order valence-corrected chi connectivity index (χ3v) is 6.06. The first-order valence-electron chi connectivity index (χ1n) is 9.54. The number of hydrogen-bond donors (Lipinski definition) is 1. The molecule has 4 rings (SSSR count). The monoisotopic (exact) mass is 402 g/mol. The van der Waals surface area contributed by atoms with Crippen LogP contribution in [0.15, 0.2) is 78.9 Å². The van der Waals surface area contributed by atoms with Gasteiger partial charge >= 0.3 is 0 Å². The number of nitrogens with zero attached hydrogens (tertiary/aromatic N) is 1. The van der Waals surface area contributed by atoms with Gasteiger partial charge in [0.25, 0.3) is 0 Å². The molecule has 1 atom stereocenters. The van der Waals surface area contributed by atoms with Gasteiger partial charge in [0.05, 0.1) is 12.2 Å². The zero-order valence-corrected chi connectivity index (χ0v) is 17.0. The van der Waals surface area contributed by atoms with Gasteiger partial charge in [-0.25, -0.2) is 0 Å². The molecule has 0 bridgehead atoms. The van der Waals surface area contributed by atoms with Gasteiger partial charge in [-0.3, -0.25) is 14.5 Å². The Kier molecular flexibility index (Phi) is 5.67. The van der Waals surface area contributed by atoms with E-state index < -0.39 is 0 Å². The van der Waals surface area contributed by atoms with E-state index in [0.717, 1.165) is 28.1 Å². The van der Waals surface area contributed by atoms with Gasteiger partial charge in [0.15, 0.2) is 0 Å². The molecular weight excluding hydrogens is 380 g/mol. The Bertz CT molecular complexity index is 1020. The van der Waals surface area contributed by atoms with E-state index >= 15 is 0 Å². The van der Waals surface area contributed by atoms with Gasteiger partial charge in [0.2, 0.25) is 11.8 Å². The van der Waals surface area contributed by atoms with E-state index in [1.807, 2.05) is 90.7 Å². The van der Waals surface area contributed by atoms with Crippen molar-refractivity contribution in [2.24, 2.45) is 0 Å². The van der Waals surface area contributed by atoms with E-state index in [4.69, 9.17) is 0 Å². The Balaban J connectivity index is 1.52. The van der Waals surface area contributed by atoms with Gasteiger partial charge in [-0.15, -0.1) is 11.8 Å². The molecule has 0 aliphatic carbocycles. The Morgan fingerprint density at radius 1 is 1.03 bits per heavy atom. The van der Waals surface area contributed by atoms with Crippen molar-refractivity contribution in [3.63, 3.8) is 0 Å². The number of carbonyl (C=O) groups excluding carboxylic acids is 2. The van der Waals surface area contributed by atoms with E-state index in [-0.39, 0.29) is 17.2 Å². The molecule has 5 heteroatoms. The number of carbonyl (C=O) groups is 2. The summed E-state index contributed by atoms with van der Waals surface area (Å²) in [6, 6.07) is 25.4. The fourth-order valence-electron chi connectivity index (χ4n) is 3.41. The quantitative estimate of drug-likeness (QED) is 0.657. The average molecular weight is 403 g/mol. The molecule has 1 aliphatic rings.